The Hall–Kier alpha value is -0.0100. The minimum atomic E-state index is 0.714. The van der Waals surface area contributed by atoms with Crippen molar-refractivity contribution in [2.24, 2.45) is 0 Å². The summed E-state index contributed by atoms with van der Waals surface area (Å²) in [5, 5.41) is 0. The van der Waals surface area contributed by atoms with E-state index < -0.39 is 0 Å². The molecule has 0 radical (unpaired) electrons. The summed E-state index contributed by atoms with van der Waals surface area (Å²) in [5.41, 5.74) is 1.22. The lowest BCUT2D eigenvalue weighted by atomic mass is 10.2. The highest BCUT2D eigenvalue weighted by Crippen LogP contribution is 2.18. The molecule has 1 aromatic rings. The van der Waals surface area contributed by atoms with Crippen molar-refractivity contribution in [3.8, 4) is 12.3 Å². The molecule has 0 aliphatic rings. The molecule has 1 aromatic carbocycles. The van der Waals surface area contributed by atoms with E-state index in [1.165, 1.54) is 9.13 Å². The van der Waals surface area contributed by atoms with Crippen molar-refractivity contribution in [3.05, 3.63) is 31.8 Å². The van der Waals surface area contributed by atoms with Crippen molar-refractivity contribution >= 4 is 38.5 Å². The molecule has 0 heterocycles. The first-order chi connectivity index (χ1) is 5.24. The zero-order chi connectivity index (χ0) is 8.27. The molecule has 0 amide bonds. The lowest BCUT2D eigenvalue weighted by Gasteiger charge is -1.99. The summed E-state index contributed by atoms with van der Waals surface area (Å²) in [6, 6.07) is 6.12. The summed E-state index contributed by atoms with van der Waals surface area (Å²) in [6.45, 7) is 0. The van der Waals surface area contributed by atoms with Crippen LogP contribution in [0.15, 0.2) is 22.7 Å². The van der Waals surface area contributed by atoms with Crippen molar-refractivity contribution in [2.45, 2.75) is 6.42 Å². The van der Waals surface area contributed by atoms with Gasteiger partial charge < -0.3 is 0 Å². The number of benzene rings is 1. The average molecular weight is 321 g/mol. The van der Waals surface area contributed by atoms with Crippen LogP contribution in [-0.2, 0) is 6.42 Å². The molecule has 0 nitrogen and oxygen atoms in total. The van der Waals surface area contributed by atoms with Crippen LogP contribution in [0.2, 0.25) is 0 Å². The van der Waals surface area contributed by atoms with E-state index in [9.17, 15) is 0 Å². The predicted octanol–water partition coefficient (Wildman–Crippen LogP) is 3.23. The van der Waals surface area contributed by atoms with Gasteiger partial charge in [0.25, 0.3) is 0 Å². The Balaban J connectivity index is 3.01. The molecule has 0 fully saturated rings. The molecule has 0 unspecified atom stereocenters. The monoisotopic (exact) mass is 320 g/mol. The van der Waals surface area contributed by atoms with E-state index >= 15 is 0 Å². The molecular formula is C9H6BrI. The SMILES string of the molecule is C#CCc1ccc(Br)cc1I. The molecule has 0 aliphatic heterocycles. The van der Waals surface area contributed by atoms with E-state index in [-0.39, 0.29) is 0 Å². The van der Waals surface area contributed by atoms with Crippen LogP contribution < -0.4 is 0 Å². The summed E-state index contributed by atoms with van der Waals surface area (Å²) in [6.07, 6.45) is 5.92. The fourth-order valence-corrected chi connectivity index (χ4v) is 2.27. The van der Waals surface area contributed by atoms with Crippen LogP contribution in [0.5, 0.6) is 0 Å². The summed E-state index contributed by atoms with van der Waals surface area (Å²) in [7, 11) is 0. The van der Waals surface area contributed by atoms with Crippen molar-refractivity contribution in [2.75, 3.05) is 0 Å². The van der Waals surface area contributed by atoms with Crippen LogP contribution in [0.25, 0.3) is 0 Å². The van der Waals surface area contributed by atoms with E-state index in [0.29, 0.717) is 6.42 Å². The Morgan fingerprint density at radius 3 is 2.82 bits per heavy atom. The van der Waals surface area contributed by atoms with Crippen LogP contribution in [0.4, 0.5) is 0 Å². The molecule has 0 aromatic heterocycles. The Kier molecular flexibility index (Phi) is 3.41. The van der Waals surface area contributed by atoms with Gasteiger partial charge in [-0.1, -0.05) is 22.0 Å². The van der Waals surface area contributed by atoms with E-state index in [4.69, 9.17) is 6.42 Å². The van der Waals surface area contributed by atoms with Gasteiger partial charge in [0.05, 0.1) is 0 Å². The fourth-order valence-electron chi connectivity index (χ4n) is 0.775. The summed E-state index contributed by atoms with van der Waals surface area (Å²) >= 11 is 5.67. The topological polar surface area (TPSA) is 0 Å². The molecule has 0 N–H and O–H groups in total. The van der Waals surface area contributed by atoms with Gasteiger partial charge in [-0.25, -0.2) is 0 Å². The molecule has 0 saturated heterocycles. The molecule has 0 atom stereocenters. The molecule has 11 heavy (non-hydrogen) atoms. The smallest absolute Gasteiger partial charge is 0.0348 e. The largest absolute Gasteiger partial charge is 0.120 e. The maximum absolute atomic E-state index is 5.20. The van der Waals surface area contributed by atoms with Crippen LogP contribution in [0.3, 0.4) is 0 Å². The van der Waals surface area contributed by atoms with E-state index in [0.717, 1.165) is 4.47 Å². The number of terminal acetylenes is 1. The van der Waals surface area contributed by atoms with Crippen LogP contribution in [0.1, 0.15) is 5.56 Å². The molecule has 0 spiro atoms. The normalized spacial score (nSPS) is 9.18. The number of rotatable bonds is 1. The van der Waals surface area contributed by atoms with Gasteiger partial charge in [-0.3, -0.25) is 0 Å². The van der Waals surface area contributed by atoms with Crippen LogP contribution >= 0.6 is 38.5 Å². The Morgan fingerprint density at radius 2 is 2.27 bits per heavy atom. The van der Waals surface area contributed by atoms with Gasteiger partial charge in [-0.05, 0) is 40.3 Å². The first-order valence-electron chi connectivity index (χ1n) is 3.11. The third-order valence-electron chi connectivity index (χ3n) is 1.31. The van der Waals surface area contributed by atoms with Gasteiger partial charge in [-0.2, -0.15) is 0 Å². The zero-order valence-corrected chi connectivity index (χ0v) is 9.52. The van der Waals surface area contributed by atoms with E-state index in [1.807, 2.05) is 12.1 Å². The standard InChI is InChI=1S/C9H6BrI/c1-2-3-7-4-5-8(10)6-9(7)11/h1,4-6H,3H2. The van der Waals surface area contributed by atoms with Crippen molar-refractivity contribution in [1.29, 1.82) is 0 Å². The summed E-state index contributed by atoms with van der Waals surface area (Å²) in [4.78, 5) is 0. The molecule has 1 rings (SSSR count). The van der Waals surface area contributed by atoms with Gasteiger partial charge in [-0.15, -0.1) is 12.3 Å². The third kappa shape index (κ3) is 2.49. The molecule has 0 bridgehead atoms. The fraction of sp³-hybridized carbons (Fsp3) is 0.111. The van der Waals surface area contributed by atoms with Crippen molar-refractivity contribution in [1.82, 2.24) is 0 Å². The van der Waals surface area contributed by atoms with E-state index in [1.54, 1.807) is 0 Å². The van der Waals surface area contributed by atoms with E-state index in [2.05, 4.69) is 50.5 Å². The Labute approximate surface area is 88.7 Å². The maximum atomic E-state index is 5.20. The number of halogens is 2. The third-order valence-corrected chi connectivity index (χ3v) is 2.81. The first-order valence-corrected chi connectivity index (χ1v) is 4.98. The van der Waals surface area contributed by atoms with Gasteiger partial charge in [0.15, 0.2) is 0 Å². The molecule has 0 saturated carbocycles. The second-order valence-corrected chi connectivity index (χ2v) is 4.19. The first kappa shape index (κ1) is 9.08. The molecule has 2 heteroatoms. The van der Waals surface area contributed by atoms with Crippen LogP contribution in [-0.4, -0.2) is 0 Å². The van der Waals surface area contributed by atoms with Crippen molar-refractivity contribution < 1.29 is 0 Å². The Morgan fingerprint density at radius 1 is 1.55 bits per heavy atom. The number of hydrogen-bond acceptors (Lipinski definition) is 0. The molecule has 0 aliphatic carbocycles. The zero-order valence-electron chi connectivity index (χ0n) is 5.77. The highest BCUT2D eigenvalue weighted by atomic mass is 127. The molecular weight excluding hydrogens is 315 g/mol. The van der Waals surface area contributed by atoms with Gasteiger partial charge in [0.1, 0.15) is 0 Å². The minimum absolute atomic E-state index is 0.714. The highest BCUT2D eigenvalue weighted by molar-refractivity contribution is 14.1. The summed E-state index contributed by atoms with van der Waals surface area (Å²) in [5.74, 6) is 2.62. The number of hydrogen-bond donors (Lipinski definition) is 0. The minimum Gasteiger partial charge on any atom is -0.120 e. The maximum Gasteiger partial charge on any atom is 0.0348 e. The van der Waals surface area contributed by atoms with Gasteiger partial charge >= 0.3 is 0 Å². The average Bonchev–Trinajstić information content (AvgIpc) is 1.95. The van der Waals surface area contributed by atoms with Crippen LogP contribution in [0, 0.1) is 15.9 Å². The lowest BCUT2D eigenvalue weighted by molar-refractivity contribution is 1.29. The van der Waals surface area contributed by atoms with Gasteiger partial charge in [0.2, 0.25) is 0 Å². The highest BCUT2D eigenvalue weighted by Gasteiger charge is 1.97. The second kappa shape index (κ2) is 4.13. The molecule has 56 valence electrons. The quantitative estimate of drug-likeness (QED) is 0.550. The predicted molar refractivity (Wildman–Crippen MR) is 59.4 cm³/mol. The van der Waals surface area contributed by atoms with Gasteiger partial charge in [0, 0.05) is 14.5 Å². The Bertz CT molecular complexity index is 299. The summed E-state index contributed by atoms with van der Waals surface area (Å²) < 4.78 is 2.32. The van der Waals surface area contributed by atoms with Crippen molar-refractivity contribution in [3.63, 3.8) is 0 Å². The second-order valence-electron chi connectivity index (χ2n) is 2.12. The lowest BCUT2D eigenvalue weighted by Crippen LogP contribution is -1.85.